The zero-order valence-corrected chi connectivity index (χ0v) is 63.0. The molecule has 17 nitrogen and oxygen atoms in total. The second-order valence-corrected chi connectivity index (χ2v) is 27.8. The summed E-state index contributed by atoms with van der Waals surface area (Å²) in [5, 5.41) is 10.6. The summed E-state index contributed by atoms with van der Waals surface area (Å²) >= 11 is 0. The van der Waals surface area contributed by atoms with E-state index < -0.39 is 97.5 Å². The number of ether oxygens (including phenoxy) is 4. The first kappa shape index (κ1) is 93.5. The summed E-state index contributed by atoms with van der Waals surface area (Å²) in [6.07, 6.45) is 76.5. The van der Waals surface area contributed by atoms with Crippen molar-refractivity contribution in [3.63, 3.8) is 0 Å². The Morgan fingerprint density at radius 1 is 0.306 bits per heavy atom. The number of allylic oxidation sites excluding steroid dienone is 19. The number of hydrogen-bond donors (Lipinski definition) is 3. The summed E-state index contributed by atoms with van der Waals surface area (Å²) in [7, 11) is -9.98. The molecule has 0 bridgehead atoms. The van der Waals surface area contributed by atoms with Crippen LogP contribution >= 0.6 is 15.6 Å². The third-order valence-corrected chi connectivity index (χ3v) is 17.3. The normalized spacial score (nSPS) is 14.6. The number of phosphoric ester groups is 2. The smallest absolute Gasteiger partial charge is 0.462 e. The number of unbranched alkanes of at least 4 members (excludes halogenated alkanes) is 25. The van der Waals surface area contributed by atoms with Crippen LogP contribution in [0.1, 0.15) is 297 Å². The topological polar surface area (TPSA) is 237 Å². The van der Waals surface area contributed by atoms with Gasteiger partial charge in [-0.05, 0) is 109 Å². The van der Waals surface area contributed by atoms with E-state index in [-0.39, 0.29) is 25.7 Å². The molecule has 3 N–H and O–H groups in total. The van der Waals surface area contributed by atoms with E-state index in [0.29, 0.717) is 25.7 Å². The van der Waals surface area contributed by atoms with Gasteiger partial charge in [-0.25, -0.2) is 9.13 Å². The third-order valence-electron chi connectivity index (χ3n) is 15.4. The molecule has 0 aliphatic rings. The molecule has 0 heterocycles. The standard InChI is InChI=1S/C79H134O17P2/c1-5-9-13-17-21-25-29-33-36-40-43-47-51-55-59-63-76(81)89-69-74(95-78(83)65-61-57-53-49-45-39-32-28-24-20-16-12-8-4)71-93-97(85,86)91-67-73(80)68-92-98(87,88)94-72-75(96-79(84)66-62-58-54-50-46-42-38-35-31-27-23-19-15-11-7-3)70-90-77(82)64-60-56-52-48-44-41-37-34-30-26-22-18-14-10-6-2/h9-10,13-14,16,20-22,25-26,28,32-34,36-37,44,48,56,60,73-75,80H,5-8,11-12,15,17-19,23-24,27,29-31,35,38-43,45-47,49-55,57-59,61-72H2,1-4H3,(H,85,86)(H,87,88)/b13-9-,14-10-,20-16-,25-21-,26-22-,32-28-,36-33-,37-34-,48-44-,60-56-. The van der Waals surface area contributed by atoms with Crippen molar-refractivity contribution >= 4 is 39.5 Å². The van der Waals surface area contributed by atoms with Crippen LogP contribution in [0.25, 0.3) is 0 Å². The van der Waals surface area contributed by atoms with Crippen molar-refractivity contribution in [2.45, 2.75) is 316 Å². The van der Waals surface area contributed by atoms with Crippen LogP contribution in [0.4, 0.5) is 0 Å². The summed E-state index contributed by atoms with van der Waals surface area (Å²) in [6, 6.07) is 0. The molecule has 0 aromatic rings. The number of esters is 4. The number of rotatable bonds is 70. The van der Waals surface area contributed by atoms with Crippen molar-refractivity contribution in [3.8, 4) is 0 Å². The molecule has 0 saturated carbocycles. The van der Waals surface area contributed by atoms with E-state index in [9.17, 15) is 43.2 Å². The quantitative estimate of drug-likeness (QED) is 0.0169. The number of carbonyl (C=O) groups excluding carboxylic acids is 4. The van der Waals surface area contributed by atoms with Crippen LogP contribution in [0.2, 0.25) is 0 Å². The molecular formula is C79H134O17P2. The molecule has 0 fully saturated rings. The first-order chi connectivity index (χ1) is 47.7. The molecule has 0 aromatic heterocycles. The van der Waals surface area contributed by atoms with Gasteiger partial charge in [0.05, 0.1) is 32.8 Å². The van der Waals surface area contributed by atoms with Gasteiger partial charge < -0.3 is 33.8 Å². The molecule has 0 saturated heterocycles. The summed E-state index contributed by atoms with van der Waals surface area (Å²) in [6.45, 7) is 4.44. The summed E-state index contributed by atoms with van der Waals surface area (Å²) in [5.74, 6) is -2.35. The van der Waals surface area contributed by atoms with Crippen LogP contribution in [-0.2, 0) is 65.4 Å². The second-order valence-electron chi connectivity index (χ2n) is 24.8. The van der Waals surface area contributed by atoms with Crippen LogP contribution in [0.3, 0.4) is 0 Å². The Balaban J connectivity index is 5.42. The Hall–Kier alpha value is -4.54. The minimum absolute atomic E-state index is 0.0708. The van der Waals surface area contributed by atoms with Crippen LogP contribution in [-0.4, -0.2) is 96.7 Å². The second kappa shape index (κ2) is 70.9. The van der Waals surface area contributed by atoms with Gasteiger partial charge in [0, 0.05) is 19.3 Å². The van der Waals surface area contributed by atoms with Gasteiger partial charge in [-0.3, -0.25) is 37.3 Å². The minimum atomic E-state index is -4.99. The molecule has 0 spiro atoms. The molecule has 562 valence electrons. The van der Waals surface area contributed by atoms with Crippen LogP contribution in [0.15, 0.2) is 122 Å². The van der Waals surface area contributed by atoms with Crippen LogP contribution in [0, 0.1) is 0 Å². The first-order valence-corrected chi connectivity index (χ1v) is 40.8. The van der Waals surface area contributed by atoms with Gasteiger partial charge in [-0.15, -0.1) is 0 Å². The summed E-state index contributed by atoms with van der Waals surface area (Å²) < 4.78 is 68.3. The maximum atomic E-state index is 13.1. The van der Waals surface area contributed by atoms with E-state index in [1.54, 1.807) is 6.08 Å². The Morgan fingerprint density at radius 2 is 0.592 bits per heavy atom. The first-order valence-electron chi connectivity index (χ1n) is 37.8. The lowest BCUT2D eigenvalue weighted by atomic mass is 10.0. The van der Waals surface area contributed by atoms with Gasteiger partial charge in [-0.1, -0.05) is 284 Å². The highest BCUT2D eigenvalue weighted by atomic mass is 31.2. The van der Waals surface area contributed by atoms with E-state index in [0.717, 1.165) is 154 Å². The average molecular weight is 1420 g/mol. The molecule has 0 aliphatic heterocycles. The lowest BCUT2D eigenvalue weighted by molar-refractivity contribution is -0.161. The van der Waals surface area contributed by atoms with Crippen molar-refractivity contribution < 1.29 is 80.2 Å². The SMILES string of the molecule is CC/C=C\C/C=C\C/C=C\C/C=C\C/C=C\CC(=O)OCC(COP(=O)(O)OCC(O)COP(=O)(O)OCC(COC(=O)CCCCCCC/C=C\C/C=C\C/C=C\CC)OC(=O)CCCCCCC/C=C\C/C=C\CCC)OC(=O)CCCCCCCCCCCCCCCCC. The zero-order chi connectivity index (χ0) is 71.8. The molecule has 5 unspecified atom stereocenters. The van der Waals surface area contributed by atoms with Gasteiger partial charge >= 0.3 is 39.5 Å². The van der Waals surface area contributed by atoms with Crippen molar-refractivity contribution in [2.24, 2.45) is 0 Å². The van der Waals surface area contributed by atoms with Crippen molar-refractivity contribution in [1.82, 2.24) is 0 Å². The fourth-order valence-electron chi connectivity index (χ4n) is 9.76. The largest absolute Gasteiger partial charge is 0.472 e. The number of carbonyl (C=O) groups is 4. The molecule has 19 heteroatoms. The fourth-order valence-corrected chi connectivity index (χ4v) is 11.3. The fraction of sp³-hybridized carbons (Fsp3) is 0.696. The number of aliphatic hydroxyl groups excluding tert-OH is 1. The molecule has 98 heavy (non-hydrogen) atoms. The van der Waals surface area contributed by atoms with Crippen molar-refractivity contribution in [1.29, 1.82) is 0 Å². The molecule has 0 rings (SSSR count). The predicted molar refractivity (Wildman–Crippen MR) is 399 cm³/mol. The lowest BCUT2D eigenvalue weighted by Gasteiger charge is -2.21. The number of phosphoric acid groups is 2. The molecule has 0 radical (unpaired) electrons. The van der Waals surface area contributed by atoms with Crippen molar-refractivity contribution in [2.75, 3.05) is 39.6 Å². The Labute approximate surface area is 593 Å². The monoisotopic (exact) mass is 1420 g/mol. The van der Waals surface area contributed by atoms with Crippen molar-refractivity contribution in [3.05, 3.63) is 122 Å². The zero-order valence-electron chi connectivity index (χ0n) is 61.2. The van der Waals surface area contributed by atoms with E-state index >= 15 is 0 Å². The van der Waals surface area contributed by atoms with Gasteiger partial charge in [0.25, 0.3) is 0 Å². The van der Waals surface area contributed by atoms with E-state index in [1.807, 2.05) is 18.2 Å². The maximum absolute atomic E-state index is 13.1. The predicted octanol–water partition coefficient (Wildman–Crippen LogP) is 21.6. The van der Waals surface area contributed by atoms with E-state index in [4.69, 9.17) is 37.0 Å². The summed E-state index contributed by atoms with van der Waals surface area (Å²) in [5.41, 5.74) is 0. The number of hydrogen-bond acceptors (Lipinski definition) is 15. The highest BCUT2D eigenvalue weighted by Crippen LogP contribution is 2.45. The molecule has 0 aliphatic carbocycles. The van der Waals surface area contributed by atoms with Gasteiger partial charge in [0.15, 0.2) is 12.2 Å². The van der Waals surface area contributed by atoms with Gasteiger partial charge in [-0.2, -0.15) is 0 Å². The van der Waals surface area contributed by atoms with Crippen LogP contribution < -0.4 is 0 Å². The highest BCUT2D eigenvalue weighted by Gasteiger charge is 2.30. The third kappa shape index (κ3) is 69.9. The average Bonchev–Trinajstić information content (AvgIpc) is 1.04. The Kier molecular flexibility index (Phi) is 67.6. The highest BCUT2D eigenvalue weighted by molar-refractivity contribution is 7.47. The molecule has 0 aromatic carbocycles. The molecule has 0 amide bonds. The van der Waals surface area contributed by atoms with Gasteiger partial charge in [0.2, 0.25) is 0 Å². The molecular weight excluding hydrogens is 1280 g/mol. The van der Waals surface area contributed by atoms with E-state index in [1.165, 1.54) is 64.2 Å². The van der Waals surface area contributed by atoms with Crippen LogP contribution in [0.5, 0.6) is 0 Å². The van der Waals surface area contributed by atoms with Gasteiger partial charge in [0.1, 0.15) is 19.3 Å². The maximum Gasteiger partial charge on any atom is 0.472 e. The minimum Gasteiger partial charge on any atom is -0.462 e. The Morgan fingerprint density at radius 3 is 0.949 bits per heavy atom. The summed E-state index contributed by atoms with van der Waals surface area (Å²) in [4.78, 5) is 72.8. The molecule has 5 atom stereocenters. The lowest BCUT2D eigenvalue weighted by Crippen LogP contribution is -2.30. The Bertz CT molecular complexity index is 2340. The van der Waals surface area contributed by atoms with E-state index in [2.05, 4.69) is 125 Å². The number of aliphatic hydroxyl groups is 1.